The van der Waals surface area contributed by atoms with Gasteiger partial charge in [-0.15, -0.1) is 0 Å². The van der Waals surface area contributed by atoms with Crippen LogP contribution in [0.25, 0.3) is 0 Å². The fourth-order valence-electron chi connectivity index (χ4n) is 1.06. The Morgan fingerprint density at radius 3 is 3.00 bits per heavy atom. The van der Waals surface area contributed by atoms with Crippen LogP contribution in [0, 0.1) is 18.3 Å². The molecule has 14 heavy (non-hydrogen) atoms. The van der Waals surface area contributed by atoms with Crippen LogP contribution in [0.15, 0.2) is 12.1 Å². The van der Waals surface area contributed by atoms with Crippen molar-refractivity contribution >= 4 is 5.82 Å². The third-order valence-electron chi connectivity index (χ3n) is 1.76. The van der Waals surface area contributed by atoms with Gasteiger partial charge >= 0.3 is 0 Å². The average Bonchev–Trinajstić information content (AvgIpc) is 2.19. The monoisotopic (exact) mass is 193 g/mol. The number of nitrogens with zero attached hydrogens (tertiary/aromatic N) is 2. The zero-order valence-electron chi connectivity index (χ0n) is 8.05. The molecule has 1 rings (SSSR count). The Hall–Kier alpha value is -1.63. The zero-order valence-corrected chi connectivity index (χ0v) is 8.05. The minimum absolute atomic E-state index is 0.360. The Kier molecular flexibility index (Phi) is 3.86. The largest absolute Gasteiger partial charge is 0.369 e. The van der Waals surface area contributed by atoms with Gasteiger partial charge in [0.15, 0.2) is 0 Å². The molecule has 3 nitrogen and oxygen atoms in total. The SMILES string of the molecule is Cc1ccc(C#N)c(NCCCF)n1. The quantitative estimate of drug-likeness (QED) is 0.744. The maximum absolute atomic E-state index is 11.8. The number of rotatable bonds is 4. The number of pyridine rings is 1. The van der Waals surface area contributed by atoms with Crippen LogP contribution in [0.5, 0.6) is 0 Å². The van der Waals surface area contributed by atoms with Crippen molar-refractivity contribution in [3.8, 4) is 6.07 Å². The van der Waals surface area contributed by atoms with Crippen LogP contribution in [0.2, 0.25) is 0 Å². The summed E-state index contributed by atoms with van der Waals surface area (Å²) in [5.74, 6) is 0.543. The summed E-state index contributed by atoms with van der Waals surface area (Å²) in [5, 5.41) is 11.7. The van der Waals surface area contributed by atoms with Crippen molar-refractivity contribution in [3.05, 3.63) is 23.4 Å². The molecule has 1 N–H and O–H groups in total. The average molecular weight is 193 g/mol. The van der Waals surface area contributed by atoms with E-state index in [1.807, 2.05) is 13.0 Å². The summed E-state index contributed by atoms with van der Waals surface area (Å²) in [6.07, 6.45) is 0.431. The molecular formula is C10H12FN3. The van der Waals surface area contributed by atoms with Gasteiger partial charge in [0.25, 0.3) is 0 Å². The van der Waals surface area contributed by atoms with Gasteiger partial charge in [-0.3, -0.25) is 4.39 Å². The van der Waals surface area contributed by atoms with Gasteiger partial charge in [0.1, 0.15) is 11.9 Å². The van der Waals surface area contributed by atoms with Crippen molar-refractivity contribution in [2.75, 3.05) is 18.5 Å². The highest BCUT2D eigenvalue weighted by atomic mass is 19.1. The number of nitrogens with one attached hydrogen (secondary N) is 1. The highest BCUT2D eigenvalue weighted by Crippen LogP contribution is 2.11. The first-order chi connectivity index (χ1) is 6.77. The van der Waals surface area contributed by atoms with Crippen LogP contribution in [0.4, 0.5) is 10.2 Å². The van der Waals surface area contributed by atoms with Crippen LogP contribution < -0.4 is 5.32 Å². The minimum Gasteiger partial charge on any atom is -0.369 e. The van der Waals surface area contributed by atoms with Gasteiger partial charge in [-0.05, 0) is 25.5 Å². The van der Waals surface area contributed by atoms with Gasteiger partial charge < -0.3 is 5.32 Å². The highest BCUT2D eigenvalue weighted by molar-refractivity contribution is 5.52. The van der Waals surface area contributed by atoms with Gasteiger partial charge in [-0.25, -0.2) is 4.98 Å². The maximum Gasteiger partial charge on any atom is 0.144 e. The minimum atomic E-state index is -0.360. The lowest BCUT2D eigenvalue weighted by Gasteiger charge is -2.06. The number of alkyl halides is 1. The molecule has 0 saturated heterocycles. The van der Waals surface area contributed by atoms with Crippen molar-refractivity contribution in [1.29, 1.82) is 5.26 Å². The molecule has 0 aliphatic carbocycles. The predicted octanol–water partition coefficient (Wildman–Crippen LogP) is 2.03. The van der Waals surface area contributed by atoms with Crippen LogP contribution >= 0.6 is 0 Å². The molecule has 0 spiro atoms. The molecule has 0 amide bonds. The molecule has 0 aliphatic rings. The lowest BCUT2D eigenvalue weighted by atomic mass is 10.2. The summed E-state index contributed by atoms with van der Waals surface area (Å²) in [6.45, 7) is 1.99. The summed E-state index contributed by atoms with van der Waals surface area (Å²) >= 11 is 0. The molecule has 0 aliphatic heterocycles. The zero-order chi connectivity index (χ0) is 10.4. The molecule has 1 heterocycles. The van der Waals surface area contributed by atoms with E-state index in [1.165, 1.54) is 0 Å². The lowest BCUT2D eigenvalue weighted by Crippen LogP contribution is -2.06. The van der Waals surface area contributed by atoms with E-state index in [9.17, 15) is 4.39 Å². The van der Waals surface area contributed by atoms with E-state index in [-0.39, 0.29) is 6.67 Å². The first-order valence-corrected chi connectivity index (χ1v) is 4.45. The Morgan fingerprint density at radius 2 is 2.36 bits per heavy atom. The molecule has 0 aromatic carbocycles. The van der Waals surface area contributed by atoms with E-state index in [0.717, 1.165) is 5.69 Å². The second kappa shape index (κ2) is 5.18. The molecule has 4 heteroatoms. The Labute approximate surface area is 82.6 Å². The van der Waals surface area contributed by atoms with Gasteiger partial charge in [0, 0.05) is 12.2 Å². The first kappa shape index (κ1) is 10.5. The number of hydrogen-bond donors (Lipinski definition) is 1. The molecule has 1 aromatic heterocycles. The number of nitriles is 1. The summed E-state index contributed by atoms with van der Waals surface area (Å²) in [7, 11) is 0. The van der Waals surface area contributed by atoms with Gasteiger partial charge in [0.05, 0.1) is 12.2 Å². The van der Waals surface area contributed by atoms with Crippen molar-refractivity contribution in [2.45, 2.75) is 13.3 Å². The molecule has 74 valence electrons. The topological polar surface area (TPSA) is 48.7 Å². The third kappa shape index (κ3) is 2.70. The van der Waals surface area contributed by atoms with Crippen LogP contribution in [-0.4, -0.2) is 18.2 Å². The fourth-order valence-corrected chi connectivity index (χ4v) is 1.06. The number of hydrogen-bond acceptors (Lipinski definition) is 3. The Morgan fingerprint density at radius 1 is 1.57 bits per heavy atom. The molecule has 0 bridgehead atoms. The van der Waals surface area contributed by atoms with Crippen molar-refractivity contribution in [1.82, 2.24) is 4.98 Å². The van der Waals surface area contributed by atoms with Crippen LogP contribution in [-0.2, 0) is 0 Å². The standard InChI is InChI=1S/C10H12FN3/c1-8-3-4-9(7-12)10(14-8)13-6-2-5-11/h3-4H,2,5-6H2,1H3,(H,13,14). The van der Waals surface area contributed by atoms with Crippen molar-refractivity contribution in [2.24, 2.45) is 0 Å². The van der Waals surface area contributed by atoms with E-state index in [2.05, 4.69) is 10.3 Å². The molecule has 0 atom stereocenters. The molecule has 0 unspecified atom stereocenters. The smallest absolute Gasteiger partial charge is 0.144 e. The molecule has 0 radical (unpaired) electrons. The van der Waals surface area contributed by atoms with Crippen molar-refractivity contribution in [3.63, 3.8) is 0 Å². The second-order valence-electron chi connectivity index (χ2n) is 2.93. The molecular weight excluding hydrogens is 181 g/mol. The van der Waals surface area contributed by atoms with Gasteiger partial charge in [-0.1, -0.05) is 0 Å². The van der Waals surface area contributed by atoms with E-state index in [4.69, 9.17) is 5.26 Å². The van der Waals surface area contributed by atoms with E-state index < -0.39 is 0 Å². The van der Waals surface area contributed by atoms with E-state index in [1.54, 1.807) is 12.1 Å². The molecule has 0 fully saturated rings. The molecule has 1 aromatic rings. The highest BCUT2D eigenvalue weighted by Gasteiger charge is 2.02. The van der Waals surface area contributed by atoms with E-state index >= 15 is 0 Å². The Bertz CT molecular complexity index is 344. The normalized spacial score (nSPS) is 9.50. The third-order valence-corrected chi connectivity index (χ3v) is 1.76. The first-order valence-electron chi connectivity index (χ1n) is 4.45. The lowest BCUT2D eigenvalue weighted by molar-refractivity contribution is 0.481. The summed E-state index contributed by atoms with van der Waals surface area (Å²) in [6, 6.07) is 5.52. The predicted molar refractivity (Wildman–Crippen MR) is 52.8 cm³/mol. The fraction of sp³-hybridized carbons (Fsp3) is 0.400. The molecule has 0 saturated carbocycles. The van der Waals surface area contributed by atoms with Crippen molar-refractivity contribution < 1.29 is 4.39 Å². The summed E-state index contributed by atoms with van der Waals surface area (Å²) < 4.78 is 11.8. The number of aryl methyl sites for hydroxylation is 1. The van der Waals surface area contributed by atoms with Crippen LogP contribution in [0.1, 0.15) is 17.7 Å². The number of halogens is 1. The van der Waals surface area contributed by atoms with Gasteiger partial charge in [0.2, 0.25) is 0 Å². The number of aromatic nitrogens is 1. The summed E-state index contributed by atoms with van der Waals surface area (Å²) in [4.78, 5) is 4.16. The summed E-state index contributed by atoms with van der Waals surface area (Å²) in [5.41, 5.74) is 1.33. The Balaban J connectivity index is 2.73. The van der Waals surface area contributed by atoms with Gasteiger partial charge in [-0.2, -0.15) is 5.26 Å². The van der Waals surface area contributed by atoms with Crippen LogP contribution in [0.3, 0.4) is 0 Å². The number of anilines is 1. The second-order valence-corrected chi connectivity index (χ2v) is 2.93. The maximum atomic E-state index is 11.8. The van der Waals surface area contributed by atoms with E-state index in [0.29, 0.717) is 24.3 Å².